The standard InChI is InChI=1S/C14H22N2O2/c1-10(15)14-12(6-3-7-13(14)18-2)16-8-4-5-11(16)9-17/h3,6-7,10-11,17H,4-5,8-9,15H2,1-2H3. The maximum atomic E-state index is 9.45. The van der Waals surface area contributed by atoms with Crippen LogP contribution in [0.15, 0.2) is 18.2 Å². The zero-order valence-corrected chi connectivity index (χ0v) is 11.1. The molecular weight excluding hydrogens is 228 g/mol. The van der Waals surface area contributed by atoms with Crippen molar-refractivity contribution in [1.82, 2.24) is 0 Å². The van der Waals surface area contributed by atoms with Crippen LogP contribution >= 0.6 is 0 Å². The Morgan fingerprint density at radius 1 is 1.56 bits per heavy atom. The van der Waals surface area contributed by atoms with Gasteiger partial charge in [0, 0.05) is 23.8 Å². The van der Waals surface area contributed by atoms with E-state index in [4.69, 9.17) is 10.5 Å². The van der Waals surface area contributed by atoms with E-state index in [0.29, 0.717) is 0 Å². The van der Waals surface area contributed by atoms with Crippen LogP contribution in [0.2, 0.25) is 0 Å². The third-order valence-electron chi connectivity index (χ3n) is 3.62. The van der Waals surface area contributed by atoms with E-state index < -0.39 is 0 Å². The average Bonchev–Trinajstić information content (AvgIpc) is 2.85. The summed E-state index contributed by atoms with van der Waals surface area (Å²) in [4.78, 5) is 2.25. The van der Waals surface area contributed by atoms with E-state index in [0.717, 1.165) is 36.4 Å². The Labute approximate surface area is 108 Å². The molecule has 2 atom stereocenters. The highest BCUT2D eigenvalue weighted by molar-refractivity contribution is 5.61. The molecule has 1 saturated heterocycles. The van der Waals surface area contributed by atoms with Gasteiger partial charge in [0.25, 0.3) is 0 Å². The second kappa shape index (κ2) is 5.59. The van der Waals surface area contributed by atoms with Gasteiger partial charge in [0.15, 0.2) is 0 Å². The van der Waals surface area contributed by atoms with Gasteiger partial charge in [0.2, 0.25) is 0 Å². The number of nitrogens with two attached hydrogens (primary N) is 1. The number of rotatable bonds is 4. The molecule has 100 valence electrons. The Kier molecular flexibility index (Phi) is 4.09. The molecule has 1 aromatic carbocycles. The van der Waals surface area contributed by atoms with Crippen molar-refractivity contribution in [1.29, 1.82) is 0 Å². The van der Waals surface area contributed by atoms with Crippen molar-refractivity contribution in [2.75, 3.05) is 25.2 Å². The fraction of sp³-hybridized carbons (Fsp3) is 0.571. The summed E-state index contributed by atoms with van der Waals surface area (Å²) in [6.07, 6.45) is 2.15. The Morgan fingerprint density at radius 3 is 2.94 bits per heavy atom. The Morgan fingerprint density at radius 2 is 2.33 bits per heavy atom. The minimum atomic E-state index is -0.0870. The zero-order valence-electron chi connectivity index (χ0n) is 11.1. The Balaban J connectivity index is 2.43. The van der Waals surface area contributed by atoms with Crippen molar-refractivity contribution in [2.45, 2.75) is 31.8 Å². The number of aliphatic hydroxyl groups excluding tert-OH is 1. The molecule has 3 N–H and O–H groups in total. The van der Waals surface area contributed by atoms with Crippen LogP contribution in [0.3, 0.4) is 0 Å². The molecule has 0 aromatic heterocycles. The number of methoxy groups -OCH3 is 1. The number of ether oxygens (including phenoxy) is 1. The summed E-state index contributed by atoms with van der Waals surface area (Å²) in [5.41, 5.74) is 8.20. The van der Waals surface area contributed by atoms with Crippen molar-refractivity contribution in [3.8, 4) is 5.75 Å². The molecule has 2 rings (SSSR count). The molecule has 0 aliphatic carbocycles. The lowest BCUT2D eigenvalue weighted by Crippen LogP contribution is -2.33. The minimum Gasteiger partial charge on any atom is -0.496 e. The summed E-state index contributed by atoms with van der Waals surface area (Å²) in [6.45, 7) is 3.12. The van der Waals surface area contributed by atoms with E-state index in [1.807, 2.05) is 19.1 Å². The van der Waals surface area contributed by atoms with Gasteiger partial charge in [0.05, 0.1) is 19.8 Å². The van der Waals surface area contributed by atoms with Gasteiger partial charge < -0.3 is 20.5 Å². The molecule has 0 bridgehead atoms. The summed E-state index contributed by atoms with van der Waals surface area (Å²) < 4.78 is 5.41. The first-order valence-electron chi connectivity index (χ1n) is 6.49. The quantitative estimate of drug-likeness (QED) is 0.853. The van der Waals surface area contributed by atoms with E-state index in [2.05, 4.69) is 11.0 Å². The fourth-order valence-corrected chi connectivity index (χ4v) is 2.76. The molecular formula is C14H22N2O2. The maximum absolute atomic E-state index is 9.45. The zero-order chi connectivity index (χ0) is 13.1. The van der Waals surface area contributed by atoms with E-state index in [1.165, 1.54) is 0 Å². The minimum absolute atomic E-state index is 0.0870. The third kappa shape index (κ3) is 2.31. The highest BCUT2D eigenvalue weighted by Crippen LogP contribution is 2.36. The molecule has 1 heterocycles. The van der Waals surface area contributed by atoms with Crippen LogP contribution in [0.5, 0.6) is 5.75 Å². The van der Waals surface area contributed by atoms with Crippen molar-refractivity contribution in [2.24, 2.45) is 5.73 Å². The molecule has 1 aliphatic rings. The van der Waals surface area contributed by atoms with Crippen LogP contribution in [0, 0.1) is 0 Å². The summed E-state index contributed by atoms with van der Waals surface area (Å²) in [6, 6.07) is 6.10. The lowest BCUT2D eigenvalue weighted by atomic mass is 10.0. The van der Waals surface area contributed by atoms with Crippen LogP contribution in [-0.4, -0.2) is 31.4 Å². The third-order valence-corrected chi connectivity index (χ3v) is 3.62. The van der Waals surface area contributed by atoms with Crippen LogP contribution in [0.25, 0.3) is 0 Å². The van der Waals surface area contributed by atoms with Gasteiger partial charge in [-0.1, -0.05) is 6.07 Å². The molecule has 0 saturated carbocycles. The first kappa shape index (κ1) is 13.2. The first-order chi connectivity index (χ1) is 8.69. The summed E-state index contributed by atoms with van der Waals surface area (Å²) >= 11 is 0. The van der Waals surface area contributed by atoms with Crippen molar-refractivity contribution >= 4 is 5.69 Å². The lowest BCUT2D eigenvalue weighted by molar-refractivity contribution is 0.266. The summed E-state index contributed by atoms with van der Waals surface area (Å²) in [5.74, 6) is 0.825. The van der Waals surface area contributed by atoms with Crippen molar-refractivity contribution in [3.63, 3.8) is 0 Å². The highest BCUT2D eigenvalue weighted by atomic mass is 16.5. The molecule has 1 aliphatic heterocycles. The van der Waals surface area contributed by atoms with E-state index >= 15 is 0 Å². The topological polar surface area (TPSA) is 58.7 Å². The van der Waals surface area contributed by atoms with Crippen LogP contribution in [0.1, 0.15) is 31.4 Å². The van der Waals surface area contributed by atoms with Gasteiger partial charge in [-0.15, -0.1) is 0 Å². The fourth-order valence-electron chi connectivity index (χ4n) is 2.76. The van der Waals surface area contributed by atoms with E-state index in [1.54, 1.807) is 7.11 Å². The van der Waals surface area contributed by atoms with Gasteiger partial charge in [-0.05, 0) is 31.9 Å². The molecule has 0 radical (unpaired) electrons. The first-order valence-corrected chi connectivity index (χ1v) is 6.49. The molecule has 1 aromatic rings. The van der Waals surface area contributed by atoms with Gasteiger partial charge in [-0.2, -0.15) is 0 Å². The predicted octanol–water partition coefficient (Wildman–Crippen LogP) is 1.68. The molecule has 2 unspecified atom stereocenters. The largest absolute Gasteiger partial charge is 0.496 e. The number of aliphatic hydroxyl groups is 1. The van der Waals surface area contributed by atoms with Crippen molar-refractivity contribution in [3.05, 3.63) is 23.8 Å². The van der Waals surface area contributed by atoms with Crippen molar-refractivity contribution < 1.29 is 9.84 Å². The van der Waals surface area contributed by atoms with Crippen LogP contribution in [0.4, 0.5) is 5.69 Å². The predicted molar refractivity (Wildman–Crippen MR) is 73.1 cm³/mol. The Hall–Kier alpha value is -1.26. The number of hydrogen-bond donors (Lipinski definition) is 2. The van der Waals surface area contributed by atoms with Gasteiger partial charge in [0.1, 0.15) is 5.75 Å². The second-order valence-corrected chi connectivity index (χ2v) is 4.85. The number of hydrogen-bond acceptors (Lipinski definition) is 4. The van der Waals surface area contributed by atoms with E-state index in [-0.39, 0.29) is 18.7 Å². The summed E-state index contributed by atoms with van der Waals surface area (Å²) in [5, 5.41) is 9.45. The van der Waals surface area contributed by atoms with Gasteiger partial charge in [-0.25, -0.2) is 0 Å². The van der Waals surface area contributed by atoms with Gasteiger partial charge in [-0.3, -0.25) is 0 Å². The number of nitrogens with zero attached hydrogens (tertiary/aromatic N) is 1. The normalized spacial score (nSPS) is 21.1. The molecule has 18 heavy (non-hydrogen) atoms. The lowest BCUT2D eigenvalue weighted by Gasteiger charge is -2.29. The van der Waals surface area contributed by atoms with Crippen LogP contribution in [-0.2, 0) is 0 Å². The van der Waals surface area contributed by atoms with Gasteiger partial charge >= 0.3 is 0 Å². The number of benzene rings is 1. The monoisotopic (exact) mass is 250 g/mol. The molecule has 0 amide bonds. The SMILES string of the molecule is COc1cccc(N2CCCC2CO)c1C(C)N. The smallest absolute Gasteiger partial charge is 0.125 e. The maximum Gasteiger partial charge on any atom is 0.125 e. The molecule has 1 fully saturated rings. The number of anilines is 1. The Bertz CT molecular complexity index is 407. The average molecular weight is 250 g/mol. The molecule has 4 heteroatoms. The second-order valence-electron chi connectivity index (χ2n) is 4.85. The molecule has 0 spiro atoms. The summed E-state index contributed by atoms with van der Waals surface area (Å²) in [7, 11) is 1.67. The molecule has 4 nitrogen and oxygen atoms in total. The van der Waals surface area contributed by atoms with E-state index in [9.17, 15) is 5.11 Å². The highest BCUT2D eigenvalue weighted by Gasteiger charge is 2.27. The van der Waals surface area contributed by atoms with Crippen LogP contribution < -0.4 is 15.4 Å².